The zero-order valence-corrected chi connectivity index (χ0v) is 8.25. The van der Waals surface area contributed by atoms with Crippen LogP contribution >= 0.6 is 11.6 Å². The van der Waals surface area contributed by atoms with Gasteiger partial charge >= 0.3 is 0 Å². The topological polar surface area (TPSA) is 16.1 Å². The number of hydrogen-bond donors (Lipinski definition) is 0. The van der Waals surface area contributed by atoms with Crippen LogP contribution in [-0.4, -0.2) is 23.5 Å². The Hall–Kier alpha value is -1.04. The Morgan fingerprint density at radius 2 is 2.46 bits per heavy atom. The van der Waals surface area contributed by atoms with Crippen molar-refractivity contribution in [3.63, 3.8) is 0 Å². The first-order valence-corrected chi connectivity index (χ1v) is 4.33. The van der Waals surface area contributed by atoms with Crippen LogP contribution in [0.4, 0.5) is 0 Å². The van der Waals surface area contributed by atoms with Gasteiger partial charge in [-0.25, -0.2) is 4.98 Å². The molecule has 0 amide bonds. The summed E-state index contributed by atoms with van der Waals surface area (Å²) in [5.74, 6) is 2.57. The molecule has 0 fully saturated rings. The summed E-state index contributed by atoms with van der Waals surface area (Å²) in [6.45, 7) is 1.35. The molecule has 2 nitrogen and oxygen atoms in total. The van der Waals surface area contributed by atoms with Gasteiger partial charge in [0.05, 0.1) is 6.54 Å². The average Bonchev–Trinajstić information content (AvgIpc) is 2.09. The molecule has 0 bridgehead atoms. The highest BCUT2D eigenvalue weighted by atomic mass is 35.5. The van der Waals surface area contributed by atoms with Crippen LogP contribution in [0.15, 0.2) is 18.3 Å². The number of rotatable bonds is 3. The number of pyridine rings is 1. The second-order valence-corrected chi connectivity index (χ2v) is 3.19. The van der Waals surface area contributed by atoms with Gasteiger partial charge in [-0.1, -0.05) is 23.6 Å². The van der Waals surface area contributed by atoms with E-state index >= 15 is 0 Å². The van der Waals surface area contributed by atoms with Crippen molar-refractivity contribution in [2.45, 2.75) is 6.54 Å². The summed E-state index contributed by atoms with van der Waals surface area (Å²) < 4.78 is 0. The molecule has 0 aliphatic rings. The van der Waals surface area contributed by atoms with E-state index in [4.69, 9.17) is 18.0 Å². The van der Waals surface area contributed by atoms with E-state index in [1.807, 2.05) is 24.1 Å². The summed E-state index contributed by atoms with van der Waals surface area (Å²) in [6, 6.07) is 3.81. The van der Waals surface area contributed by atoms with Crippen LogP contribution in [0.5, 0.6) is 0 Å². The van der Waals surface area contributed by atoms with E-state index in [1.165, 1.54) is 0 Å². The van der Waals surface area contributed by atoms with E-state index in [0.717, 1.165) is 12.1 Å². The van der Waals surface area contributed by atoms with Crippen molar-refractivity contribution in [2.24, 2.45) is 0 Å². The number of terminal acetylenes is 1. The zero-order chi connectivity index (χ0) is 9.68. The van der Waals surface area contributed by atoms with Gasteiger partial charge in [0.15, 0.2) is 0 Å². The molecule has 68 valence electrons. The fourth-order valence-corrected chi connectivity index (χ4v) is 1.22. The van der Waals surface area contributed by atoms with Crippen LogP contribution in [0, 0.1) is 12.3 Å². The van der Waals surface area contributed by atoms with Crippen LogP contribution in [-0.2, 0) is 6.54 Å². The standard InChI is InChI=1S/C10H11ClN2/c1-3-7-13(2)8-9-5-4-6-12-10(9)11/h1,4-6H,7-8H2,2H3. The van der Waals surface area contributed by atoms with E-state index in [1.54, 1.807) is 6.20 Å². The maximum absolute atomic E-state index is 5.88. The van der Waals surface area contributed by atoms with Gasteiger partial charge in [0.25, 0.3) is 0 Å². The number of nitrogens with zero attached hydrogens (tertiary/aromatic N) is 2. The van der Waals surface area contributed by atoms with Crippen LogP contribution in [0.25, 0.3) is 0 Å². The fraction of sp³-hybridized carbons (Fsp3) is 0.300. The first kappa shape index (κ1) is 10.0. The van der Waals surface area contributed by atoms with Crippen molar-refractivity contribution in [1.82, 2.24) is 9.88 Å². The van der Waals surface area contributed by atoms with Crippen molar-refractivity contribution in [2.75, 3.05) is 13.6 Å². The zero-order valence-electron chi connectivity index (χ0n) is 7.50. The first-order chi connectivity index (χ1) is 6.24. The lowest BCUT2D eigenvalue weighted by atomic mass is 10.3. The molecule has 3 heteroatoms. The predicted octanol–water partition coefficient (Wildman–Crippen LogP) is 1.80. The molecule has 0 saturated heterocycles. The molecule has 0 atom stereocenters. The lowest BCUT2D eigenvalue weighted by Crippen LogP contribution is -2.18. The molecule has 0 N–H and O–H groups in total. The van der Waals surface area contributed by atoms with Gasteiger partial charge in [0.2, 0.25) is 0 Å². The summed E-state index contributed by atoms with van der Waals surface area (Å²) in [6.07, 6.45) is 6.85. The highest BCUT2D eigenvalue weighted by molar-refractivity contribution is 6.30. The van der Waals surface area contributed by atoms with Crippen LogP contribution in [0.3, 0.4) is 0 Å². The number of halogens is 1. The predicted molar refractivity (Wildman–Crippen MR) is 54.4 cm³/mol. The maximum Gasteiger partial charge on any atom is 0.133 e. The van der Waals surface area contributed by atoms with E-state index in [2.05, 4.69) is 10.9 Å². The van der Waals surface area contributed by atoms with Gasteiger partial charge < -0.3 is 0 Å². The Balaban J connectivity index is 2.64. The van der Waals surface area contributed by atoms with Gasteiger partial charge in [0.1, 0.15) is 5.15 Å². The van der Waals surface area contributed by atoms with E-state index in [9.17, 15) is 0 Å². The molecule has 1 rings (SSSR count). The number of aromatic nitrogens is 1. The van der Waals surface area contributed by atoms with Crippen molar-refractivity contribution in [1.29, 1.82) is 0 Å². The van der Waals surface area contributed by atoms with Gasteiger partial charge in [0, 0.05) is 18.3 Å². The molecule has 0 radical (unpaired) electrons. The fourth-order valence-electron chi connectivity index (χ4n) is 1.04. The molecule has 1 aromatic heterocycles. The minimum Gasteiger partial charge on any atom is -0.291 e. The molecule has 1 aromatic rings. The SMILES string of the molecule is C#CCN(C)Cc1cccnc1Cl. The van der Waals surface area contributed by atoms with Crippen LogP contribution < -0.4 is 0 Å². The third-order valence-corrected chi connectivity index (χ3v) is 1.98. The summed E-state index contributed by atoms with van der Waals surface area (Å²) in [7, 11) is 1.95. The molecular formula is C10H11ClN2. The molecule has 0 aliphatic heterocycles. The van der Waals surface area contributed by atoms with E-state index < -0.39 is 0 Å². The van der Waals surface area contributed by atoms with E-state index in [0.29, 0.717) is 11.7 Å². The molecule has 0 aliphatic carbocycles. The smallest absolute Gasteiger partial charge is 0.133 e. The highest BCUT2D eigenvalue weighted by Crippen LogP contribution is 2.12. The van der Waals surface area contributed by atoms with Crippen molar-refractivity contribution in [3.05, 3.63) is 29.0 Å². The monoisotopic (exact) mass is 194 g/mol. The Morgan fingerprint density at radius 3 is 3.08 bits per heavy atom. The quantitative estimate of drug-likeness (QED) is 0.539. The van der Waals surface area contributed by atoms with Crippen molar-refractivity contribution < 1.29 is 0 Å². The maximum atomic E-state index is 5.88. The summed E-state index contributed by atoms with van der Waals surface area (Å²) in [5.41, 5.74) is 1.00. The van der Waals surface area contributed by atoms with Crippen LogP contribution in [0.2, 0.25) is 5.15 Å². The second kappa shape index (κ2) is 4.86. The summed E-state index contributed by atoms with van der Waals surface area (Å²) >= 11 is 5.88. The van der Waals surface area contributed by atoms with Gasteiger partial charge in [-0.15, -0.1) is 6.42 Å². The first-order valence-electron chi connectivity index (χ1n) is 3.95. The minimum absolute atomic E-state index is 0.548. The third-order valence-electron chi connectivity index (χ3n) is 1.64. The summed E-state index contributed by atoms with van der Waals surface area (Å²) in [5, 5.41) is 0.548. The Labute approximate surface area is 83.5 Å². The molecule has 0 spiro atoms. The Bertz CT molecular complexity index is 317. The molecule has 13 heavy (non-hydrogen) atoms. The second-order valence-electron chi connectivity index (χ2n) is 2.83. The Kier molecular flexibility index (Phi) is 3.75. The lowest BCUT2D eigenvalue weighted by Gasteiger charge is -2.13. The van der Waals surface area contributed by atoms with Gasteiger partial charge in [-0.2, -0.15) is 0 Å². The lowest BCUT2D eigenvalue weighted by molar-refractivity contribution is 0.369. The molecular weight excluding hydrogens is 184 g/mol. The Morgan fingerprint density at radius 1 is 1.69 bits per heavy atom. The van der Waals surface area contributed by atoms with E-state index in [-0.39, 0.29) is 0 Å². The average molecular weight is 195 g/mol. The van der Waals surface area contributed by atoms with Crippen molar-refractivity contribution in [3.8, 4) is 12.3 Å². The van der Waals surface area contributed by atoms with Gasteiger partial charge in [-0.3, -0.25) is 4.90 Å². The normalized spacial score (nSPS) is 10.0. The molecule has 0 unspecified atom stereocenters. The largest absolute Gasteiger partial charge is 0.291 e. The van der Waals surface area contributed by atoms with Gasteiger partial charge in [-0.05, 0) is 13.1 Å². The van der Waals surface area contributed by atoms with Crippen LogP contribution in [0.1, 0.15) is 5.56 Å². The minimum atomic E-state index is 0.548. The molecule has 0 aromatic carbocycles. The molecule has 0 saturated carbocycles. The highest BCUT2D eigenvalue weighted by Gasteiger charge is 2.02. The third kappa shape index (κ3) is 3.06. The van der Waals surface area contributed by atoms with Crippen molar-refractivity contribution >= 4 is 11.6 Å². The number of hydrogen-bond acceptors (Lipinski definition) is 2. The molecule has 1 heterocycles. The summed E-state index contributed by atoms with van der Waals surface area (Å²) in [4.78, 5) is 5.98.